The van der Waals surface area contributed by atoms with Crippen LogP contribution in [-0.2, 0) is 22.2 Å². The van der Waals surface area contributed by atoms with Gasteiger partial charge in [-0.1, -0.05) is 66.7 Å². The third-order valence-corrected chi connectivity index (χ3v) is 8.10. The molecule has 5 rings (SSSR count). The molecule has 0 radical (unpaired) electrons. The quantitative estimate of drug-likeness (QED) is 0.495. The molecule has 3 aromatic carbocycles. The van der Waals surface area contributed by atoms with Gasteiger partial charge in [0.15, 0.2) is 0 Å². The molecule has 2 heterocycles. The lowest BCUT2D eigenvalue weighted by Crippen LogP contribution is -2.43. The van der Waals surface area contributed by atoms with Crippen LogP contribution in [0.3, 0.4) is 0 Å². The third-order valence-electron chi connectivity index (χ3n) is 6.36. The van der Waals surface area contributed by atoms with Crippen LogP contribution < -0.4 is 0 Å². The van der Waals surface area contributed by atoms with E-state index in [-0.39, 0.29) is 4.90 Å². The highest BCUT2D eigenvalue weighted by Gasteiger charge is 2.39. The van der Waals surface area contributed by atoms with Crippen LogP contribution in [0.2, 0.25) is 0 Å². The number of piperidine rings is 1. The minimum atomic E-state index is -3.86. The second-order valence-corrected chi connectivity index (χ2v) is 10.3. The first-order valence-corrected chi connectivity index (χ1v) is 12.3. The fraction of sp³-hybridized carbons (Fsp3) is 0.231. The highest BCUT2D eigenvalue weighted by molar-refractivity contribution is 7.90. The molecule has 1 aliphatic rings. The fourth-order valence-electron chi connectivity index (χ4n) is 4.59. The average molecular weight is 447 g/mol. The van der Waals surface area contributed by atoms with Crippen LogP contribution in [0.4, 0.5) is 0 Å². The van der Waals surface area contributed by atoms with Crippen LogP contribution >= 0.6 is 0 Å². The number of aliphatic hydroxyl groups is 1. The Hall–Kier alpha value is -2.93. The van der Waals surface area contributed by atoms with Gasteiger partial charge in [0.1, 0.15) is 5.60 Å². The lowest BCUT2D eigenvalue weighted by Gasteiger charge is -2.38. The zero-order chi connectivity index (χ0) is 22.2. The first-order valence-electron chi connectivity index (χ1n) is 10.9. The van der Waals surface area contributed by atoms with E-state index in [0.717, 1.165) is 11.9 Å². The average Bonchev–Trinajstić information content (AvgIpc) is 3.23. The van der Waals surface area contributed by atoms with Crippen molar-refractivity contribution in [2.75, 3.05) is 13.1 Å². The molecule has 0 saturated carbocycles. The van der Waals surface area contributed by atoms with Gasteiger partial charge in [0.05, 0.1) is 16.1 Å². The van der Waals surface area contributed by atoms with Gasteiger partial charge in [-0.25, -0.2) is 12.4 Å². The van der Waals surface area contributed by atoms with Crippen LogP contribution in [0.5, 0.6) is 0 Å². The SMILES string of the molecule is O=S(=O)(c1ccccc1)n1c(C2(O)CCN(Cc3ccccc3)CC2)cc2ccccc21. The Morgan fingerprint density at radius 1 is 0.812 bits per heavy atom. The largest absolute Gasteiger partial charge is 0.383 e. The van der Waals surface area contributed by atoms with E-state index in [2.05, 4.69) is 17.0 Å². The monoisotopic (exact) mass is 446 g/mol. The van der Waals surface area contributed by atoms with Gasteiger partial charge in [-0.3, -0.25) is 4.90 Å². The number of para-hydroxylation sites is 1. The first-order chi connectivity index (χ1) is 15.5. The standard InChI is InChI=1S/C26H26N2O3S/c29-26(15-17-27(18-16-26)20-21-9-3-1-4-10-21)25-19-22-11-7-8-14-24(22)28(25)32(30,31)23-12-5-2-6-13-23/h1-14,19,29H,15-18,20H2. The van der Waals surface area contributed by atoms with Crippen molar-refractivity contribution >= 4 is 20.9 Å². The van der Waals surface area contributed by atoms with E-state index < -0.39 is 15.6 Å². The van der Waals surface area contributed by atoms with Gasteiger partial charge in [0.25, 0.3) is 10.0 Å². The Morgan fingerprint density at radius 3 is 2.09 bits per heavy atom. The zero-order valence-electron chi connectivity index (χ0n) is 17.8. The lowest BCUT2D eigenvalue weighted by molar-refractivity contribution is -0.0314. The summed E-state index contributed by atoms with van der Waals surface area (Å²) in [5.74, 6) is 0. The van der Waals surface area contributed by atoms with Crippen LogP contribution in [0.25, 0.3) is 10.9 Å². The van der Waals surface area contributed by atoms with Crippen molar-refractivity contribution in [1.82, 2.24) is 8.87 Å². The van der Waals surface area contributed by atoms with Gasteiger partial charge in [0, 0.05) is 25.0 Å². The Bertz CT molecular complexity index is 1320. The van der Waals surface area contributed by atoms with Gasteiger partial charge >= 0.3 is 0 Å². The molecule has 1 aliphatic heterocycles. The van der Waals surface area contributed by atoms with E-state index in [1.807, 2.05) is 42.5 Å². The molecule has 1 aromatic heterocycles. The van der Waals surface area contributed by atoms with E-state index in [1.165, 1.54) is 9.54 Å². The maximum Gasteiger partial charge on any atom is 0.268 e. The van der Waals surface area contributed by atoms with Gasteiger partial charge < -0.3 is 5.11 Å². The molecular formula is C26H26N2O3S. The number of rotatable bonds is 5. The Balaban J connectivity index is 1.52. The molecule has 1 saturated heterocycles. The number of aromatic nitrogens is 1. The van der Waals surface area contributed by atoms with Gasteiger partial charge in [-0.05, 0) is 42.7 Å². The summed E-state index contributed by atoms with van der Waals surface area (Å²) in [6.07, 6.45) is 0.945. The minimum absolute atomic E-state index is 0.215. The number of hydrogen-bond donors (Lipinski definition) is 1. The smallest absolute Gasteiger partial charge is 0.268 e. The van der Waals surface area contributed by atoms with Crippen molar-refractivity contribution < 1.29 is 13.5 Å². The third kappa shape index (κ3) is 3.75. The second-order valence-electron chi connectivity index (χ2n) is 8.46. The summed E-state index contributed by atoms with van der Waals surface area (Å²) >= 11 is 0. The van der Waals surface area contributed by atoms with E-state index in [4.69, 9.17) is 0 Å². The molecule has 1 N–H and O–H groups in total. The number of fused-ring (bicyclic) bond motifs is 1. The molecule has 0 spiro atoms. The van der Waals surface area contributed by atoms with Crippen LogP contribution in [0.15, 0.2) is 95.9 Å². The van der Waals surface area contributed by atoms with Gasteiger partial charge in [-0.2, -0.15) is 0 Å². The molecule has 6 heteroatoms. The summed E-state index contributed by atoms with van der Waals surface area (Å²) in [6.45, 7) is 2.21. The Morgan fingerprint density at radius 2 is 1.41 bits per heavy atom. The topological polar surface area (TPSA) is 62.5 Å². The van der Waals surface area contributed by atoms with Crippen LogP contribution in [0, 0.1) is 0 Å². The molecule has 32 heavy (non-hydrogen) atoms. The molecular weight excluding hydrogens is 420 g/mol. The van der Waals surface area contributed by atoms with Crippen molar-refractivity contribution in [2.45, 2.75) is 29.9 Å². The highest BCUT2D eigenvalue weighted by atomic mass is 32.2. The molecule has 5 nitrogen and oxygen atoms in total. The molecule has 0 bridgehead atoms. The fourth-order valence-corrected chi connectivity index (χ4v) is 6.21. The summed E-state index contributed by atoms with van der Waals surface area (Å²) in [4.78, 5) is 2.52. The molecule has 0 unspecified atom stereocenters. The van der Waals surface area contributed by atoms with E-state index in [9.17, 15) is 13.5 Å². The van der Waals surface area contributed by atoms with Gasteiger partial charge in [0.2, 0.25) is 0 Å². The predicted molar refractivity (Wildman–Crippen MR) is 126 cm³/mol. The van der Waals surface area contributed by atoms with Crippen LogP contribution in [0.1, 0.15) is 24.1 Å². The second kappa shape index (κ2) is 8.20. The van der Waals surface area contributed by atoms with Crippen molar-refractivity contribution in [3.63, 3.8) is 0 Å². The summed E-state index contributed by atoms with van der Waals surface area (Å²) in [6, 6.07) is 27.9. The minimum Gasteiger partial charge on any atom is -0.383 e. The van der Waals surface area contributed by atoms with Crippen molar-refractivity contribution in [3.8, 4) is 0 Å². The van der Waals surface area contributed by atoms with Crippen molar-refractivity contribution in [3.05, 3.63) is 102 Å². The zero-order valence-corrected chi connectivity index (χ0v) is 18.6. The first kappa shape index (κ1) is 20.9. The molecule has 0 aliphatic carbocycles. The van der Waals surface area contributed by atoms with E-state index in [1.54, 1.807) is 36.4 Å². The molecule has 0 amide bonds. The summed E-state index contributed by atoms with van der Waals surface area (Å²) in [7, 11) is -3.86. The molecule has 164 valence electrons. The normalized spacial score (nSPS) is 16.9. The predicted octanol–water partition coefficient (Wildman–Crippen LogP) is 4.36. The highest BCUT2D eigenvalue weighted by Crippen LogP contribution is 2.38. The van der Waals surface area contributed by atoms with Crippen molar-refractivity contribution in [2.24, 2.45) is 0 Å². The van der Waals surface area contributed by atoms with E-state index in [0.29, 0.717) is 37.1 Å². The van der Waals surface area contributed by atoms with E-state index >= 15 is 0 Å². The molecule has 1 fully saturated rings. The van der Waals surface area contributed by atoms with Crippen LogP contribution in [-0.4, -0.2) is 35.5 Å². The maximum absolute atomic E-state index is 13.7. The maximum atomic E-state index is 13.7. The molecule has 4 aromatic rings. The summed E-state index contributed by atoms with van der Waals surface area (Å²) in [5, 5.41) is 12.5. The van der Waals surface area contributed by atoms with Gasteiger partial charge in [-0.15, -0.1) is 0 Å². The number of likely N-dealkylation sites (tertiary alicyclic amines) is 1. The summed E-state index contributed by atoms with van der Waals surface area (Å²) < 4.78 is 28.7. The van der Waals surface area contributed by atoms with Crippen molar-refractivity contribution in [1.29, 1.82) is 0 Å². The number of benzene rings is 3. The lowest BCUT2D eigenvalue weighted by atomic mass is 9.88. The number of nitrogens with zero attached hydrogens (tertiary/aromatic N) is 2. The summed E-state index contributed by atoms with van der Waals surface area (Å²) in [5.41, 5.74) is 1.06. The molecule has 0 atom stereocenters. The Labute approximate surface area is 188 Å². The number of hydrogen-bond acceptors (Lipinski definition) is 4. The Kier molecular flexibility index (Phi) is 5.37.